The van der Waals surface area contributed by atoms with Crippen LogP contribution in [0.4, 0.5) is 11.4 Å². The van der Waals surface area contributed by atoms with E-state index in [-0.39, 0.29) is 16.8 Å². The van der Waals surface area contributed by atoms with Gasteiger partial charge in [0.2, 0.25) is 0 Å². The van der Waals surface area contributed by atoms with Crippen molar-refractivity contribution in [2.75, 3.05) is 12.4 Å². The van der Waals surface area contributed by atoms with Crippen molar-refractivity contribution in [2.45, 2.75) is 0 Å². The molecule has 0 aliphatic heterocycles. The Morgan fingerprint density at radius 3 is 2.45 bits per heavy atom. The van der Waals surface area contributed by atoms with Crippen LogP contribution in [0.5, 0.6) is 0 Å². The number of esters is 1. The average molecular weight is 340 g/mol. The molecule has 0 unspecified atom stereocenters. The summed E-state index contributed by atoms with van der Waals surface area (Å²) in [5.41, 5.74) is 0.912. The first-order chi connectivity index (χ1) is 10.4. The lowest BCUT2D eigenvalue weighted by molar-refractivity contribution is 0.0599. The predicted molar refractivity (Wildman–Crippen MR) is 84.5 cm³/mol. The van der Waals surface area contributed by atoms with Crippen molar-refractivity contribution >= 4 is 46.5 Å². The third-order valence-electron chi connectivity index (χ3n) is 2.87. The van der Waals surface area contributed by atoms with E-state index in [4.69, 9.17) is 28.3 Å². The second kappa shape index (κ2) is 6.68. The molecule has 2 aromatic carbocycles. The molecule has 114 valence electrons. The maximum Gasteiger partial charge on any atom is 0.339 e. The van der Waals surface area contributed by atoms with Gasteiger partial charge in [-0.15, -0.1) is 0 Å². The van der Waals surface area contributed by atoms with E-state index in [9.17, 15) is 9.59 Å². The number of hydrogen-bond acceptors (Lipinski definition) is 4. The number of benzene rings is 2. The van der Waals surface area contributed by atoms with Gasteiger partial charge in [-0.1, -0.05) is 23.2 Å². The molecule has 0 radical (unpaired) electrons. The minimum absolute atomic E-state index is 0.0216. The van der Waals surface area contributed by atoms with Crippen LogP contribution in [-0.2, 0) is 4.74 Å². The van der Waals surface area contributed by atoms with Gasteiger partial charge in [-0.3, -0.25) is 0 Å². The smallest absolute Gasteiger partial charge is 0.339 e. The molecule has 0 saturated heterocycles. The van der Waals surface area contributed by atoms with Crippen molar-refractivity contribution in [3.63, 3.8) is 0 Å². The Kier molecular flexibility index (Phi) is 4.90. The first-order valence-electron chi connectivity index (χ1n) is 6.10. The number of carboxylic acid groups (broad SMARTS) is 1. The molecule has 0 aromatic heterocycles. The molecule has 0 spiro atoms. The molecular formula is C15H11Cl2NO4. The number of hydrogen-bond donors (Lipinski definition) is 2. The number of aromatic carboxylic acids is 1. The van der Waals surface area contributed by atoms with Crippen molar-refractivity contribution < 1.29 is 19.4 Å². The second-order valence-corrected chi connectivity index (χ2v) is 5.15. The SMILES string of the molecule is COC(=O)c1ccc(C(=O)O)cc1Nc1cc(Cl)ccc1Cl. The van der Waals surface area contributed by atoms with Gasteiger partial charge in [0, 0.05) is 5.02 Å². The highest BCUT2D eigenvalue weighted by Gasteiger charge is 2.16. The van der Waals surface area contributed by atoms with Crippen LogP contribution in [-0.4, -0.2) is 24.2 Å². The number of carbonyl (C=O) groups excluding carboxylic acids is 1. The van der Waals surface area contributed by atoms with E-state index in [1.54, 1.807) is 18.2 Å². The van der Waals surface area contributed by atoms with E-state index in [1.165, 1.54) is 25.3 Å². The summed E-state index contributed by atoms with van der Waals surface area (Å²) in [6.07, 6.45) is 0. The molecule has 0 amide bonds. The molecule has 0 bridgehead atoms. The summed E-state index contributed by atoms with van der Waals surface area (Å²) >= 11 is 12.0. The molecule has 22 heavy (non-hydrogen) atoms. The molecule has 2 aromatic rings. The van der Waals surface area contributed by atoms with Crippen molar-refractivity contribution in [1.29, 1.82) is 0 Å². The highest BCUT2D eigenvalue weighted by atomic mass is 35.5. The fourth-order valence-electron chi connectivity index (χ4n) is 1.81. The normalized spacial score (nSPS) is 10.1. The van der Waals surface area contributed by atoms with Gasteiger partial charge in [-0.25, -0.2) is 9.59 Å². The zero-order chi connectivity index (χ0) is 16.3. The second-order valence-electron chi connectivity index (χ2n) is 4.31. The number of rotatable bonds is 4. The topological polar surface area (TPSA) is 75.6 Å². The first-order valence-corrected chi connectivity index (χ1v) is 6.85. The molecule has 2 rings (SSSR count). The van der Waals surface area contributed by atoms with Crippen molar-refractivity contribution in [1.82, 2.24) is 0 Å². The molecule has 2 N–H and O–H groups in total. The van der Waals surface area contributed by atoms with Crippen molar-refractivity contribution in [3.8, 4) is 0 Å². The van der Waals surface area contributed by atoms with Gasteiger partial charge < -0.3 is 15.2 Å². The Hall–Kier alpha value is -2.24. The molecule has 0 heterocycles. The Bertz CT molecular complexity index is 746. The van der Waals surface area contributed by atoms with Gasteiger partial charge in [0.05, 0.1) is 34.6 Å². The highest BCUT2D eigenvalue weighted by molar-refractivity contribution is 6.35. The summed E-state index contributed by atoms with van der Waals surface area (Å²) in [5.74, 6) is -1.71. The van der Waals surface area contributed by atoms with Crippen LogP contribution in [0.3, 0.4) is 0 Å². The molecular weight excluding hydrogens is 329 g/mol. The highest BCUT2D eigenvalue weighted by Crippen LogP contribution is 2.30. The van der Waals surface area contributed by atoms with Gasteiger partial charge in [-0.2, -0.15) is 0 Å². The standard InChI is InChI=1S/C15H11Cl2NO4/c1-22-15(21)10-4-2-8(14(19)20)6-12(10)18-13-7-9(16)3-5-11(13)17/h2-7,18H,1H3,(H,19,20). The Morgan fingerprint density at radius 1 is 1.09 bits per heavy atom. The number of methoxy groups -OCH3 is 1. The maximum absolute atomic E-state index is 11.8. The van der Waals surface area contributed by atoms with E-state index in [1.807, 2.05) is 0 Å². The molecule has 0 aliphatic carbocycles. The van der Waals surface area contributed by atoms with Crippen molar-refractivity contribution in [2.24, 2.45) is 0 Å². The van der Waals surface area contributed by atoms with E-state index in [0.717, 1.165) is 0 Å². The molecule has 0 atom stereocenters. The summed E-state index contributed by atoms with van der Waals surface area (Å²) in [7, 11) is 1.24. The number of carbonyl (C=O) groups is 2. The summed E-state index contributed by atoms with van der Waals surface area (Å²) in [5, 5.41) is 12.8. The Morgan fingerprint density at radius 2 is 1.82 bits per heavy atom. The number of anilines is 2. The van der Waals surface area contributed by atoms with E-state index < -0.39 is 11.9 Å². The lowest BCUT2D eigenvalue weighted by Gasteiger charge is -2.13. The van der Waals surface area contributed by atoms with Crippen LogP contribution >= 0.6 is 23.2 Å². The minimum atomic E-state index is -1.11. The van der Waals surface area contributed by atoms with E-state index >= 15 is 0 Å². The van der Waals surface area contributed by atoms with Crippen LogP contribution in [0, 0.1) is 0 Å². The van der Waals surface area contributed by atoms with Gasteiger partial charge in [0.25, 0.3) is 0 Å². The quantitative estimate of drug-likeness (QED) is 0.815. The third-order valence-corrected chi connectivity index (χ3v) is 3.43. The predicted octanol–water partition coefficient (Wildman–Crippen LogP) is 4.22. The van der Waals surface area contributed by atoms with Gasteiger partial charge in [0.1, 0.15) is 0 Å². The van der Waals surface area contributed by atoms with Crippen molar-refractivity contribution in [3.05, 3.63) is 57.6 Å². The van der Waals surface area contributed by atoms with Crippen LogP contribution in [0.25, 0.3) is 0 Å². The number of nitrogens with one attached hydrogen (secondary N) is 1. The summed E-state index contributed by atoms with van der Waals surface area (Å²) in [6.45, 7) is 0. The molecule has 7 heteroatoms. The number of ether oxygens (including phenoxy) is 1. The maximum atomic E-state index is 11.8. The molecule has 0 saturated carbocycles. The minimum Gasteiger partial charge on any atom is -0.478 e. The van der Waals surface area contributed by atoms with E-state index in [2.05, 4.69) is 10.1 Å². The van der Waals surface area contributed by atoms with Crippen LogP contribution < -0.4 is 5.32 Å². The monoisotopic (exact) mass is 339 g/mol. The largest absolute Gasteiger partial charge is 0.478 e. The summed E-state index contributed by atoms with van der Waals surface area (Å²) in [4.78, 5) is 22.9. The van der Waals surface area contributed by atoms with Gasteiger partial charge in [0.15, 0.2) is 0 Å². The summed E-state index contributed by atoms with van der Waals surface area (Å²) < 4.78 is 4.68. The van der Waals surface area contributed by atoms with Crippen LogP contribution in [0.1, 0.15) is 20.7 Å². The summed E-state index contributed by atoms with van der Waals surface area (Å²) in [6, 6.07) is 8.79. The first kappa shape index (κ1) is 16.1. The fraction of sp³-hybridized carbons (Fsp3) is 0.0667. The van der Waals surface area contributed by atoms with Crippen LogP contribution in [0.2, 0.25) is 10.0 Å². The lowest BCUT2D eigenvalue weighted by atomic mass is 10.1. The Balaban J connectivity index is 2.51. The number of carboxylic acids is 1. The average Bonchev–Trinajstić information content (AvgIpc) is 2.50. The fourth-order valence-corrected chi connectivity index (χ4v) is 2.14. The number of halogens is 2. The zero-order valence-electron chi connectivity index (χ0n) is 11.4. The molecule has 0 fully saturated rings. The molecule has 0 aliphatic rings. The zero-order valence-corrected chi connectivity index (χ0v) is 12.9. The third kappa shape index (κ3) is 3.50. The van der Waals surface area contributed by atoms with Gasteiger partial charge in [-0.05, 0) is 36.4 Å². The van der Waals surface area contributed by atoms with Gasteiger partial charge >= 0.3 is 11.9 Å². The molecule has 5 nitrogen and oxygen atoms in total. The van der Waals surface area contributed by atoms with E-state index in [0.29, 0.717) is 15.7 Å². The van der Waals surface area contributed by atoms with Crippen LogP contribution in [0.15, 0.2) is 36.4 Å². The lowest BCUT2D eigenvalue weighted by Crippen LogP contribution is -2.08. The Labute approximate surface area is 136 Å².